The molecule has 0 spiro atoms. The highest BCUT2D eigenvalue weighted by Gasteiger charge is 2.32. The number of alkyl halides is 1. The number of alkyl carbamates (subject to hydrolysis) is 1. The van der Waals surface area contributed by atoms with Gasteiger partial charge in [-0.05, 0) is 53.9 Å². The van der Waals surface area contributed by atoms with Gasteiger partial charge in [-0.1, -0.05) is 48.5 Å². The van der Waals surface area contributed by atoms with Crippen molar-refractivity contribution in [2.45, 2.75) is 49.4 Å². The fourth-order valence-electron chi connectivity index (χ4n) is 4.80. The summed E-state index contributed by atoms with van der Waals surface area (Å²) in [5, 5.41) is 12.2. The largest absolute Gasteiger partial charge is 0.481 e. The van der Waals surface area contributed by atoms with Crippen molar-refractivity contribution in [3.8, 4) is 11.1 Å². The number of ether oxygens (including phenoxy) is 1. The number of hydrogen-bond acceptors (Lipinski definition) is 3. The molecule has 0 radical (unpaired) electrons. The van der Waals surface area contributed by atoms with E-state index in [1.54, 1.807) is 0 Å². The number of aliphatic carboxylic acids is 1. The molecule has 0 heterocycles. The van der Waals surface area contributed by atoms with E-state index >= 15 is 0 Å². The summed E-state index contributed by atoms with van der Waals surface area (Å²) in [6.07, 6.45) is 2.65. The van der Waals surface area contributed by atoms with Crippen molar-refractivity contribution in [3.63, 3.8) is 0 Å². The van der Waals surface area contributed by atoms with Gasteiger partial charge in [0.15, 0.2) is 0 Å². The topological polar surface area (TPSA) is 75.6 Å². The number of carbonyl (C=O) groups is 2. The van der Waals surface area contributed by atoms with E-state index in [9.17, 15) is 14.7 Å². The van der Waals surface area contributed by atoms with Crippen LogP contribution < -0.4 is 5.32 Å². The smallest absolute Gasteiger partial charge is 0.407 e. The molecule has 1 fully saturated rings. The van der Waals surface area contributed by atoms with E-state index in [0.29, 0.717) is 0 Å². The Labute approximate surface area is 181 Å². The van der Waals surface area contributed by atoms with Crippen LogP contribution in [0.4, 0.5) is 4.79 Å². The third-order valence-electron chi connectivity index (χ3n) is 6.31. The fraction of sp³-hybridized carbons (Fsp3) is 0.417. The predicted molar refractivity (Wildman–Crippen MR) is 116 cm³/mol. The van der Waals surface area contributed by atoms with Crippen LogP contribution in [-0.2, 0) is 9.53 Å². The number of fused-ring (bicyclic) bond motifs is 3. The number of benzene rings is 2. The van der Waals surface area contributed by atoms with Gasteiger partial charge in [-0.3, -0.25) is 4.79 Å². The van der Waals surface area contributed by atoms with Crippen LogP contribution in [-0.4, -0.2) is 35.2 Å². The Morgan fingerprint density at radius 2 is 1.57 bits per heavy atom. The SMILES string of the molecule is O=C(O)C[C@H](NC(=O)OCC1c2ccccc2-c2ccccc21)C1CCC(Cl)CC1. The van der Waals surface area contributed by atoms with Crippen LogP contribution in [0, 0.1) is 5.92 Å². The van der Waals surface area contributed by atoms with Crippen LogP contribution in [0.25, 0.3) is 11.1 Å². The number of halogens is 1. The number of carbonyl (C=O) groups excluding carboxylic acids is 1. The highest BCUT2D eigenvalue weighted by molar-refractivity contribution is 6.20. The highest BCUT2D eigenvalue weighted by atomic mass is 35.5. The minimum Gasteiger partial charge on any atom is -0.481 e. The van der Waals surface area contributed by atoms with Crippen LogP contribution in [0.1, 0.15) is 49.1 Å². The average Bonchev–Trinajstić information content (AvgIpc) is 3.06. The summed E-state index contributed by atoms with van der Waals surface area (Å²) in [4.78, 5) is 23.9. The van der Waals surface area contributed by atoms with E-state index < -0.39 is 18.1 Å². The standard InChI is InChI=1S/C24H26ClNO4/c25-16-11-9-15(10-12-16)22(13-23(27)28)26-24(29)30-14-21-19-7-3-1-5-17(19)18-6-2-4-8-20(18)21/h1-8,15-16,21-22H,9-14H2,(H,26,29)(H,27,28)/t15?,16?,22-/m0/s1. The summed E-state index contributed by atoms with van der Waals surface area (Å²) < 4.78 is 5.59. The first-order valence-corrected chi connectivity index (χ1v) is 10.9. The Hall–Kier alpha value is -2.53. The summed E-state index contributed by atoms with van der Waals surface area (Å²) in [5.74, 6) is -0.837. The van der Waals surface area contributed by atoms with Crippen LogP contribution >= 0.6 is 11.6 Å². The van der Waals surface area contributed by atoms with Crippen molar-refractivity contribution >= 4 is 23.7 Å². The molecule has 2 aliphatic rings. The predicted octanol–water partition coefficient (Wildman–Crippen LogP) is 5.17. The van der Waals surface area contributed by atoms with E-state index in [-0.39, 0.29) is 30.2 Å². The number of amides is 1. The van der Waals surface area contributed by atoms with E-state index in [2.05, 4.69) is 29.6 Å². The molecule has 158 valence electrons. The van der Waals surface area contributed by atoms with Crippen LogP contribution in [0.15, 0.2) is 48.5 Å². The minimum atomic E-state index is -0.924. The second-order valence-electron chi connectivity index (χ2n) is 8.19. The summed E-state index contributed by atoms with van der Waals surface area (Å²) in [6.45, 7) is 0.216. The Morgan fingerprint density at radius 3 is 2.13 bits per heavy atom. The molecule has 5 nitrogen and oxygen atoms in total. The maximum absolute atomic E-state index is 12.6. The molecule has 2 N–H and O–H groups in total. The van der Waals surface area contributed by atoms with Gasteiger partial charge in [0.2, 0.25) is 0 Å². The quantitative estimate of drug-likeness (QED) is 0.624. The first-order chi connectivity index (χ1) is 14.5. The summed E-state index contributed by atoms with van der Waals surface area (Å²) in [6, 6.07) is 15.9. The molecule has 30 heavy (non-hydrogen) atoms. The molecule has 2 aliphatic carbocycles. The van der Waals surface area contributed by atoms with Crippen LogP contribution in [0.2, 0.25) is 0 Å². The molecular weight excluding hydrogens is 402 g/mol. The monoisotopic (exact) mass is 427 g/mol. The third kappa shape index (κ3) is 4.46. The van der Waals surface area contributed by atoms with Crippen molar-refractivity contribution in [2.24, 2.45) is 5.92 Å². The number of carboxylic acids is 1. The van der Waals surface area contributed by atoms with Gasteiger partial charge in [-0.25, -0.2) is 4.79 Å². The Kier molecular flexibility index (Phi) is 6.28. The molecule has 1 saturated carbocycles. The lowest BCUT2D eigenvalue weighted by molar-refractivity contribution is -0.137. The zero-order valence-electron chi connectivity index (χ0n) is 16.7. The zero-order valence-corrected chi connectivity index (χ0v) is 17.5. The normalized spacial score (nSPS) is 21.4. The Morgan fingerprint density at radius 1 is 1.00 bits per heavy atom. The maximum Gasteiger partial charge on any atom is 0.407 e. The van der Waals surface area contributed by atoms with Crippen molar-refractivity contribution in [3.05, 3.63) is 59.7 Å². The number of hydrogen-bond donors (Lipinski definition) is 2. The van der Waals surface area contributed by atoms with Gasteiger partial charge in [0, 0.05) is 17.3 Å². The van der Waals surface area contributed by atoms with Gasteiger partial charge in [0.05, 0.1) is 6.42 Å². The first kappa shape index (κ1) is 20.7. The van der Waals surface area contributed by atoms with Crippen molar-refractivity contribution < 1.29 is 19.4 Å². The lowest BCUT2D eigenvalue weighted by Gasteiger charge is -2.31. The summed E-state index contributed by atoms with van der Waals surface area (Å²) in [7, 11) is 0. The second-order valence-corrected chi connectivity index (χ2v) is 8.80. The molecule has 1 amide bonds. The van der Waals surface area contributed by atoms with Crippen LogP contribution in [0.3, 0.4) is 0 Å². The maximum atomic E-state index is 12.6. The molecule has 0 bridgehead atoms. The lowest BCUT2D eigenvalue weighted by Crippen LogP contribution is -2.43. The Balaban J connectivity index is 1.42. The molecule has 0 aliphatic heterocycles. The number of rotatable bonds is 6. The Bertz CT molecular complexity index is 877. The minimum absolute atomic E-state index is 0.0206. The fourth-order valence-corrected chi connectivity index (χ4v) is 5.05. The molecule has 2 aromatic carbocycles. The van der Waals surface area contributed by atoms with Crippen molar-refractivity contribution in [1.82, 2.24) is 5.32 Å². The number of nitrogens with one attached hydrogen (secondary N) is 1. The summed E-state index contributed by atoms with van der Waals surface area (Å²) >= 11 is 6.17. The third-order valence-corrected chi connectivity index (χ3v) is 6.75. The van der Waals surface area contributed by atoms with E-state index in [1.807, 2.05) is 24.3 Å². The zero-order chi connectivity index (χ0) is 21.1. The van der Waals surface area contributed by atoms with Crippen molar-refractivity contribution in [2.75, 3.05) is 6.61 Å². The average molecular weight is 428 g/mol. The van der Waals surface area contributed by atoms with Gasteiger partial charge in [0.1, 0.15) is 6.61 Å². The van der Waals surface area contributed by atoms with E-state index in [4.69, 9.17) is 16.3 Å². The second kappa shape index (κ2) is 9.09. The molecule has 6 heteroatoms. The van der Waals surface area contributed by atoms with Crippen LogP contribution in [0.5, 0.6) is 0 Å². The summed E-state index contributed by atoms with van der Waals surface area (Å²) in [5.41, 5.74) is 4.63. The molecule has 0 saturated heterocycles. The highest BCUT2D eigenvalue weighted by Crippen LogP contribution is 2.44. The molecule has 0 aromatic heterocycles. The van der Waals surface area contributed by atoms with Gasteiger partial charge in [-0.2, -0.15) is 0 Å². The molecule has 1 atom stereocenters. The van der Waals surface area contributed by atoms with E-state index in [0.717, 1.165) is 36.8 Å². The molecule has 0 unspecified atom stereocenters. The van der Waals surface area contributed by atoms with Gasteiger partial charge in [0.25, 0.3) is 0 Å². The molecule has 4 rings (SSSR count). The van der Waals surface area contributed by atoms with Gasteiger partial charge >= 0.3 is 12.1 Å². The number of carboxylic acid groups (broad SMARTS) is 1. The first-order valence-electron chi connectivity index (χ1n) is 10.5. The van der Waals surface area contributed by atoms with Gasteiger partial charge < -0.3 is 15.2 Å². The van der Waals surface area contributed by atoms with E-state index in [1.165, 1.54) is 11.1 Å². The molecule has 2 aromatic rings. The van der Waals surface area contributed by atoms with Gasteiger partial charge in [-0.15, -0.1) is 11.6 Å². The molecular formula is C24H26ClNO4. The van der Waals surface area contributed by atoms with Crippen molar-refractivity contribution in [1.29, 1.82) is 0 Å². The lowest BCUT2D eigenvalue weighted by atomic mass is 9.82.